The highest BCUT2D eigenvalue weighted by Gasteiger charge is 2.18. The van der Waals surface area contributed by atoms with E-state index in [1.54, 1.807) is 24.3 Å². The molecule has 2 aromatic heterocycles. The van der Waals surface area contributed by atoms with Crippen LogP contribution in [0.4, 0.5) is 8.78 Å². The second-order valence-electron chi connectivity index (χ2n) is 7.31. The van der Waals surface area contributed by atoms with Crippen molar-refractivity contribution in [2.24, 2.45) is 14.1 Å². The minimum Gasteiger partial charge on any atom is -0.347 e. The number of hydrogen-bond donors (Lipinski definition) is 0. The van der Waals surface area contributed by atoms with Crippen LogP contribution >= 0.6 is 21.6 Å². The van der Waals surface area contributed by atoms with E-state index in [1.165, 1.54) is 21.6 Å². The van der Waals surface area contributed by atoms with Crippen LogP contribution < -0.4 is 0 Å². The maximum atomic E-state index is 14.3. The number of halogens is 2. The summed E-state index contributed by atoms with van der Waals surface area (Å²) in [6.45, 7) is 8.12. The van der Waals surface area contributed by atoms with Crippen LogP contribution in [0.25, 0.3) is 21.8 Å². The topological polar surface area (TPSA) is 9.86 Å². The Balaban J connectivity index is 1.83. The molecule has 6 heteroatoms. The molecule has 0 spiro atoms. The van der Waals surface area contributed by atoms with E-state index in [9.17, 15) is 8.78 Å². The van der Waals surface area contributed by atoms with Gasteiger partial charge in [0, 0.05) is 46.0 Å². The predicted octanol–water partition coefficient (Wildman–Crippen LogP) is 6.98. The van der Waals surface area contributed by atoms with Gasteiger partial charge in [-0.05, 0) is 63.1 Å². The molecule has 28 heavy (non-hydrogen) atoms. The zero-order valence-electron chi connectivity index (χ0n) is 16.8. The van der Waals surface area contributed by atoms with E-state index < -0.39 is 0 Å². The highest BCUT2D eigenvalue weighted by molar-refractivity contribution is 8.76. The Morgan fingerprint density at radius 2 is 1.00 bits per heavy atom. The van der Waals surface area contributed by atoms with E-state index in [4.69, 9.17) is 0 Å². The minimum absolute atomic E-state index is 0.251. The maximum Gasteiger partial charge on any atom is 0.125 e. The molecule has 0 aliphatic heterocycles. The quantitative estimate of drug-likeness (QED) is 0.333. The van der Waals surface area contributed by atoms with Gasteiger partial charge in [0.05, 0.1) is 11.0 Å². The summed E-state index contributed by atoms with van der Waals surface area (Å²) in [4.78, 5) is 1.69. The van der Waals surface area contributed by atoms with Crippen LogP contribution in [0, 0.1) is 39.3 Å². The lowest BCUT2D eigenvalue weighted by molar-refractivity contribution is 0.626. The van der Waals surface area contributed by atoms with Gasteiger partial charge in [-0.3, -0.25) is 0 Å². The molecule has 0 radical (unpaired) electrons. The van der Waals surface area contributed by atoms with Crippen molar-refractivity contribution >= 4 is 43.4 Å². The van der Waals surface area contributed by atoms with Crippen molar-refractivity contribution in [1.82, 2.24) is 9.13 Å². The van der Waals surface area contributed by atoms with Gasteiger partial charge in [0.1, 0.15) is 11.6 Å². The summed E-state index contributed by atoms with van der Waals surface area (Å²) >= 11 is 0. The van der Waals surface area contributed by atoms with Crippen molar-refractivity contribution in [2.45, 2.75) is 37.5 Å². The number of rotatable bonds is 3. The first-order valence-electron chi connectivity index (χ1n) is 9.05. The Kier molecular flexibility index (Phi) is 4.74. The van der Waals surface area contributed by atoms with E-state index in [0.717, 1.165) is 54.1 Å². The molecule has 0 saturated heterocycles. The highest BCUT2D eigenvalue weighted by Crippen LogP contribution is 2.45. The molecule has 0 aliphatic rings. The average molecular weight is 417 g/mol. The lowest BCUT2D eigenvalue weighted by Crippen LogP contribution is -1.93. The molecule has 0 aliphatic carbocycles. The van der Waals surface area contributed by atoms with E-state index in [1.807, 2.05) is 41.8 Å². The van der Waals surface area contributed by atoms with Gasteiger partial charge in [0.2, 0.25) is 0 Å². The van der Waals surface area contributed by atoms with Gasteiger partial charge in [-0.25, -0.2) is 8.78 Å². The Bertz CT molecular complexity index is 1150. The number of aromatic nitrogens is 2. The Labute approximate surface area is 171 Å². The lowest BCUT2D eigenvalue weighted by atomic mass is 10.1. The van der Waals surface area contributed by atoms with Crippen LogP contribution in [0.2, 0.25) is 0 Å². The molecule has 0 bridgehead atoms. The second-order valence-corrected chi connectivity index (χ2v) is 9.52. The Morgan fingerprint density at radius 3 is 1.36 bits per heavy atom. The second kappa shape index (κ2) is 6.85. The number of nitrogens with zero attached hydrogens (tertiary/aromatic N) is 2. The third kappa shape index (κ3) is 2.85. The Hall–Kier alpha value is -1.92. The normalized spacial score (nSPS) is 11.9. The first-order valence-corrected chi connectivity index (χ1v) is 11.2. The van der Waals surface area contributed by atoms with Crippen molar-refractivity contribution in [2.75, 3.05) is 0 Å². The molecule has 2 aromatic carbocycles. The summed E-state index contributed by atoms with van der Waals surface area (Å²) in [5.41, 5.74) is 6.45. The summed E-state index contributed by atoms with van der Waals surface area (Å²) in [6.07, 6.45) is 0. The predicted molar refractivity (Wildman–Crippen MR) is 116 cm³/mol. The van der Waals surface area contributed by atoms with Crippen molar-refractivity contribution in [1.29, 1.82) is 0 Å². The zero-order valence-corrected chi connectivity index (χ0v) is 18.4. The van der Waals surface area contributed by atoms with Crippen molar-refractivity contribution in [3.8, 4) is 0 Å². The molecule has 0 fully saturated rings. The van der Waals surface area contributed by atoms with Gasteiger partial charge >= 0.3 is 0 Å². The largest absolute Gasteiger partial charge is 0.347 e. The van der Waals surface area contributed by atoms with Gasteiger partial charge in [0.15, 0.2) is 0 Å². The van der Waals surface area contributed by atoms with Crippen LogP contribution in [0.3, 0.4) is 0 Å². The summed E-state index contributed by atoms with van der Waals surface area (Å²) in [5.74, 6) is -0.501. The number of benzene rings is 2. The van der Waals surface area contributed by atoms with Crippen LogP contribution in [0.15, 0.2) is 34.1 Å². The molecule has 0 N–H and O–H groups in total. The molecule has 0 unspecified atom stereocenters. The first-order chi connectivity index (χ1) is 13.2. The SMILES string of the molecule is Cc1c(C)n(C)c2c(SSc3cc(F)cc4c(C)c(C)n(C)c34)cc(F)cc12. The minimum atomic E-state index is -0.251. The third-order valence-electron chi connectivity index (χ3n) is 5.87. The Morgan fingerprint density at radius 1 is 0.643 bits per heavy atom. The van der Waals surface area contributed by atoms with Crippen molar-refractivity contribution in [3.63, 3.8) is 0 Å². The molecule has 2 nitrogen and oxygen atoms in total. The van der Waals surface area contributed by atoms with Gasteiger partial charge in [0.25, 0.3) is 0 Å². The standard InChI is InChI=1S/C22H22F2N2S2/c1-11-13(3)25(5)21-17(11)7-15(23)9-19(21)27-28-20-10-16(24)8-18-12(2)14(4)26(6)22(18)20/h7-10H,1-6H3. The van der Waals surface area contributed by atoms with Crippen molar-refractivity contribution < 1.29 is 8.78 Å². The van der Waals surface area contributed by atoms with Gasteiger partial charge < -0.3 is 9.13 Å². The fraction of sp³-hybridized carbons (Fsp3) is 0.273. The van der Waals surface area contributed by atoms with E-state index in [-0.39, 0.29) is 11.6 Å². The molecule has 0 atom stereocenters. The fourth-order valence-corrected chi connectivity index (χ4v) is 6.31. The van der Waals surface area contributed by atoms with Gasteiger partial charge in [-0.2, -0.15) is 0 Å². The summed E-state index contributed by atoms with van der Waals surface area (Å²) < 4.78 is 32.8. The van der Waals surface area contributed by atoms with E-state index >= 15 is 0 Å². The monoisotopic (exact) mass is 416 g/mol. The number of hydrogen-bond acceptors (Lipinski definition) is 2. The molecular formula is C22H22F2N2S2. The fourth-order valence-electron chi connectivity index (χ4n) is 3.86. The van der Waals surface area contributed by atoms with Crippen LogP contribution in [0.5, 0.6) is 0 Å². The van der Waals surface area contributed by atoms with Gasteiger partial charge in [-0.1, -0.05) is 21.6 Å². The number of aryl methyl sites for hydroxylation is 4. The van der Waals surface area contributed by atoms with Crippen LogP contribution in [-0.4, -0.2) is 9.13 Å². The van der Waals surface area contributed by atoms with E-state index in [2.05, 4.69) is 9.13 Å². The first kappa shape index (κ1) is 19.4. The lowest BCUT2D eigenvalue weighted by Gasteiger charge is -2.09. The number of fused-ring (bicyclic) bond motifs is 2. The molecule has 146 valence electrons. The zero-order chi connectivity index (χ0) is 20.3. The summed E-state index contributed by atoms with van der Waals surface area (Å²) in [7, 11) is 6.96. The third-order valence-corrected chi connectivity index (χ3v) is 8.26. The molecule has 0 saturated carbocycles. The maximum absolute atomic E-state index is 14.3. The van der Waals surface area contributed by atoms with Gasteiger partial charge in [-0.15, -0.1) is 0 Å². The van der Waals surface area contributed by atoms with E-state index in [0.29, 0.717) is 0 Å². The highest BCUT2D eigenvalue weighted by atomic mass is 33.1. The molecule has 2 heterocycles. The van der Waals surface area contributed by atoms with Crippen LogP contribution in [-0.2, 0) is 14.1 Å². The average Bonchev–Trinajstić information content (AvgIpc) is 3.00. The summed E-state index contributed by atoms with van der Waals surface area (Å²) in [6, 6.07) is 6.32. The molecular weight excluding hydrogens is 394 g/mol. The smallest absolute Gasteiger partial charge is 0.125 e. The molecule has 0 amide bonds. The van der Waals surface area contributed by atoms with Crippen molar-refractivity contribution in [3.05, 3.63) is 58.4 Å². The van der Waals surface area contributed by atoms with Crippen LogP contribution in [0.1, 0.15) is 22.5 Å². The molecule has 4 rings (SSSR count). The molecule has 4 aromatic rings. The summed E-state index contributed by atoms with van der Waals surface area (Å²) in [5, 5.41) is 1.86.